The van der Waals surface area contributed by atoms with Crippen molar-refractivity contribution in [2.24, 2.45) is 5.92 Å². The van der Waals surface area contributed by atoms with Crippen LogP contribution in [-0.4, -0.2) is 28.0 Å². The van der Waals surface area contributed by atoms with Gasteiger partial charge in [0.1, 0.15) is 6.26 Å². The molecule has 0 saturated heterocycles. The zero-order valence-electron chi connectivity index (χ0n) is 14.0. The van der Waals surface area contributed by atoms with Crippen molar-refractivity contribution in [3.63, 3.8) is 0 Å². The number of hydrogen-bond donors (Lipinski definition) is 2. The molecule has 6 nitrogen and oxygen atoms in total. The minimum Gasteiger partial charge on any atom is -0.481 e. The van der Waals surface area contributed by atoms with Crippen molar-refractivity contribution in [2.75, 3.05) is 0 Å². The number of rotatable bonds is 4. The molecule has 1 heterocycles. The minimum atomic E-state index is -0.726. The average Bonchev–Trinajstić information content (AvgIpc) is 2.97. The highest BCUT2D eigenvalue weighted by molar-refractivity contribution is 5.92. The van der Waals surface area contributed by atoms with Gasteiger partial charge in [0.15, 0.2) is 11.6 Å². The molecule has 24 heavy (non-hydrogen) atoms. The van der Waals surface area contributed by atoms with Crippen molar-refractivity contribution in [3.8, 4) is 0 Å². The molecule has 2 aliphatic rings. The molecule has 3 rings (SSSR count). The summed E-state index contributed by atoms with van der Waals surface area (Å²) in [6, 6.07) is 0.0247. The van der Waals surface area contributed by atoms with Gasteiger partial charge in [0.25, 0.3) is 5.91 Å². The fourth-order valence-electron chi connectivity index (χ4n) is 3.88. The third-order valence-corrected chi connectivity index (χ3v) is 5.36. The van der Waals surface area contributed by atoms with Crippen molar-refractivity contribution >= 4 is 11.9 Å². The van der Waals surface area contributed by atoms with Crippen LogP contribution in [0.15, 0.2) is 10.7 Å². The number of carboxylic acids is 1. The number of aliphatic carboxylic acids is 1. The standard InChI is InChI=1S/C18H26N2O4/c21-16(19-14-8-4-7-13(9-10-14)18(22)23)15-11-24-17(20-15)12-5-2-1-3-6-12/h11-14H,1-10H2,(H,19,21)(H,22,23). The fraction of sp³-hybridized carbons (Fsp3) is 0.722. The zero-order chi connectivity index (χ0) is 16.9. The van der Waals surface area contributed by atoms with E-state index in [1.807, 2.05) is 0 Å². The molecule has 2 fully saturated rings. The third kappa shape index (κ3) is 4.16. The molecular formula is C18H26N2O4. The van der Waals surface area contributed by atoms with Gasteiger partial charge < -0.3 is 14.8 Å². The molecule has 2 atom stereocenters. The molecule has 132 valence electrons. The van der Waals surface area contributed by atoms with Crippen LogP contribution in [0.4, 0.5) is 0 Å². The number of nitrogens with one attached hydrogen (secondary N) is 1. The Bertz CT molecular complexity index is 577. The van der Waals surface area contributed by atoms with E-state index in [1.165, 1.54) is 25.5 Å². The lowest BCUT2D eigenvalue weighted by Gasteiger charge is -2.18. The van der Waals surface area contributed by atoms with Gasteiger partial charge in [-0.2, -0.15) is 0 Å². The number of carbonyl (C=O) groups excluding carboxylic acids is 1. The number of carbonyl (C=O) groups is 2. The van der Waals surface area contributed by atoms with Gasteiger partial charge in [0, 0.05) is 12.0 Å². The van der Waals surface area contributed by atoms with Gasteiger partial charge in [-0.1, -0.05) is 25.7 Å². The Balaban J connectivity index is 1.55. The van der Waals surface area contributed by atoms with Crippen molar-refractivity contribution in [3.05, 3.63) is 17.8 Å². The summed E-state index contributed by atoms with van der Waals surface area (Å²) in [5, 5.41) is 12.1. The van der Waals surface area contributed by atoms with Gasteiger partial charge in [-0.3, -0.25) is 9.59 Å². The Kier molecular flexibility index (Phi) is 5.53. The van der Waals surface area contributed by atoms with E-state index in [4.69, 9.17) is 9.52 Å². The molecular weight excluding hydrogens is 308 g/mol. The second-order valence-electron chi connectivity index (χ2n) is 7.12. The second kappa shape index (κ2) is 7.81. The summed E-state index contributed by atoms with van der Waals surface area (Å²) in [5.41, 5.74) is 0.342. The largest absolute Gasteiger partial charge is 0.481 e. The van der Waals surface area contributed by atoms with Crippen LogP contribution in [-0.2, 0) is 4.79 Å². The van der Waals surface area contributed by atoms with E-state index >= 15 is 0 Å². The number of nitrogens with zero attached hydrogens (tertiary/aromatic N) is 1. The van der Waals surface area contributed by atoms with Crippen molar-refractivity contribution in [1.82, 2.24) is 10.3 Å². The van der Waals surface area contributed by atoms with Crippen LogP contribution in [0.5, 0.6) is 0 Å². The Hall–Kier alpha value is -1.85. The predicted molar refractivity (Wildman–Crippen MR) is 87.8 cm³/mol. The first kappa shape index (κ1) is 17.0. The zero-order valence-corrected chi connectivity index (χ0v) is 14.0. The van der Waals surface area contributed by atoms with E-state index in [2.05, 4.69) is 10.3 Å². The van der Waals surface area contributed by atoms with Gasteiger partial charge >= 0.3 is 5.97 Å². The highest BCUT2D eigenvalue weighted by Crippen LogP contribution is 2.32. The summed E-state index contributed by atoms with van der Waals surface area (Å²) < 4.78 is 5.54. The first-order chi connectivity index (χ1) is 11.6. The average molecular weight is 334 g/mol. The summed E-state index contributed by atoms with van der Waals surface area (Å²) in [6.07, 6.45) is 10.9. The van der Waals surface area contributed by atoms with Crippen LogP contribution in [0.3, 0.4) is 0 Å². The second-order valence-corrected chi connectivity index (χ2v) is 7.12. The quantitative estimate of drug-likeness (QED) is 0.822. The maximum Gasteiger partial charge on any atom is 0.306 e. The summed E-state index contributed by atoms with van der Waals surface area (Å²) >= 11 is 0. The molecule has 2 saturated carbocycles. The minimum absolute atomic E-state index is 0.0247. The number of oxazole rings is 1. The summed E-state index contributed by atoms with van der Waals surface area (Å²) in [4.78, 5) is 27.9. The first-order valence-electron chi connectivity index (χ1n) is 9.12. The molecule has 6 heteroatoms. The number of aromatic nitrogens is 1. The molecule has 2 unspecified atom stereocenters. The molecule has 0 bridgehead atoms. The van der Waals surface area contributed by atoms with Crippen LogP contribution >= 0.6 is 0 Å². The molecule has 1 aromatic heterocycles. The van der Waals surface area contributed by atoms with Gasteiger partial charge in [-0.25, -0.2) is 4.98 Å². The Morgan fingerprint density at radius 1 is 1.04 bits per heavy atom. The van der Waals surface area contributed by atoms with E-state index in [0.717, 1.165) is 25.7 Å². The summed E-state index contributed by atoms with van der Waals surface area (Å²) in [5.74, 6) is -0.187. The molecule has 1 amide bonds. The van der Waals surface area contributed by atoms with Crippen LogP contribution in [0.2, 0.25) is 0 Å². The fourth-order valence-corrected chi connectivity index (χ4v) is 3.88. The lowest BCUT2D eigenvalue weighted by molar-refractivity contribution is -0.142. The third-order valence-electron chi connectivity index (χ3n) is 5.36. The van der Waals surface area contributed by atoms with Crippen molar-refractivity contribution in [1.29, 1.82) is 0 Å². The normalized spacial score (nSPS) is 25.8. The molecule has 0 radical (unpaired) electrons. The molecule has 2 N–H and O–H groups in total. The SMILES string of the molecule is O=C(NC1CCCC(C(=O)O)CC1)c1coc(C2CCCCC2)n1. The van der Waals surface area contributed by atoms with E-state index in [0.29, 0.717) is 36.8 Å². The van der Waals surface area contributed by atoms with Gasteiger partial charge in [0.2, 0.25) is 0 Å². The van der Waals surface area contributed by atoms with Gasteiger partial charge in [-0.15, -0.1) is 0 Å². The Morgan fingerprint density at radius 3 is 2.58 bits per heavy atom. The number of carboxylic acid groups (broad SMARTS) is 1. The lowest BCUT2D eigenvalue weighted by atomic mass is 9.89. The van der Waals surface area contributed by atoms with Gasteiger partial charge in [0.05, 0.1) is 5.92 Å². The monoisotopic (exact) mass is 334 g/mol. The van der Waals surface area contributed by atoms with Crippen LogP contribution < -0.4 is 5.32 Å². The molecule has 0 spiro atoms. The first-order valence-corrected chi connectivity index (χ1v) is 9.12. The maximum atomic E-state index is 12.4. The number of hydrogen-bond acceptors (Lipinski definition) is 4. The van der Waals surface area contributed by atoms with E-state index < -0.39 is 5.97 Å². The molecule has 0 aromatic carbocycles. The highest BCUT2D eigenvalue weighted by atomic mass is 16.4. The van der Waals surface area contributed by atoms with Crippen molar-refractivity contribution < 1.29 is 19.1 Å². The smallest absolute Gasteiger partial charge is 0.306 e. The summed E-state index contributed by atoms with van der Waals surface area (Å²) in [7, 11) is 0. The Labute approximate surface area is 142 Å². The highest BCUT2D eigenvalue weighted by Gasteiger charge is 2.26. The van der Waals surface area contributed by atoms with Crippen LogP contribution in [0.1, 0.15) is 86.5 Å². The lowest BCUT2D eigenvalue weighted by Crippen LogP contribution is -2.34. The summed E-state index contributed by atoms with van der Waals surface area (Å²) in [6.45, 7) is 0. The maximum absolute atomic E-state index is 12.4. The molecule has 2 aliphatic carbocycles. The van der Waals surface area contributed by atoms with E-state index in [1.54, 1.807) is 0 Å². The van der Waals surface area contributed by atoms with E-state index in [9.17, 15) is 9.59 Å². The Morgan fingerprint density at radius 2 is 1.83 bits per heavy atom. The van der Waals surface area contributed by atoms with Crippen molar-refractivity contribution in [2.45, 2.75) is 76.2 Å². The molecule has 0 aliphatic heterocycles. The topological polar surface area (TPSA) is 92.4 Å². The van der Waals surface area contributed by atoms with Crippen LogP contribution in [0.25, 0.3) is 0 Å². The van der Waals surface area contributed by atoms with E-state index in [-0.39, 0.29) is 17.9 Å². The van der Waals surface area contributed by atoms with Crippen LogP contribution in [0, 0.1) is 5.92 Å². The molecule has 1 aromatic rings. The van der Waals surface area contributed by atoms with Gasteiger partial charge in [-0.05, 0) is 38.5 Å². The predicted octanol–water partition coefficient (Wildman–Crippen LogP) is 3.49. The number of amides is 1.